The predicted molar refractivity (Wildman–Crippen MR) is 31.1 cm³/mol. The van der Waals surface area contributed by atoms with E-state index in [0.717, 1.165) is 0 Å². The van der Waals surface area contributed by atoms with E-state index in [1.165, 1.54) is 0 Å². The SMILES string of the molecule is C#C[C@H](N)CO.Cl. The third-order valence-corrected chi connectivity index (χ3v) is 0.411. The molecule has 3 heteroatoms. The van der Waals surface area contributed by atoms with Gasteiger partial charge >= 0.3 is 0 Å². The molecular formula is C4H8ClNO. The highest BCUT2D eigenvalue weighted by Crippen LogP contribution is 1.63. The number of aliphatic hydroxyl groups is 1. The first-order valence-electron chi connectivity index (χ1n) is 1.64. The Morgan fingerprint density at radius 2 is 2.29 bits per heavy atom. The summed E-state index contributed by atoms with van der Waals surface area (Å²) in [5.41, 5.74) is 4.99. The van der Waals surface area contributed by atoms with E-state index in [0.29, 0.717) is 0 Å². The normalized spacial score (nSPS) is 11.0. The van der Waals surface area contributed by atoms with Gasteiger partial charge in [-0.1, -0.05) is 5.92 Å². The Morgan fingerprint density at radius 3 is 2.29 bits per heavy atom. The Bertz CT molecular complexity index is 68.6. The highest BCUT2D eigenvalue weighted by Gasteiger charge is 1.86. The van der Waals surface area contributed by atoms with E-state index in [1.807, 2.05) is 0 Å². The second-order valence-corrected chi connectivity index (χ2v) is 0.956. The van der Waals surface area contributed by atoms with Crippen LogP contribution >= 0.6 is 12.4 Å². The van der Waals surface area contributed by atoms with E-state index in [1.54, 1.807) is 0 Å². The first-order valence-corrected chi connectivity index (χ1v) is 1.64. The van der Waals surface area contributed by atoms with Crippen LogP contribution in [0.5, 0.6) is 0 Å². The summed E-state index contributed by atoms with van der Waals surface area (Å²) in [4.78, 5) is 0. The molecule has 0 fully saturated rings. The van der Waals surface area contributed by atoms with Gasteiger partial charge in [0, 0.05) is 0 Å². The average Bonchev–Trinajstić information content (AvgIpc) is 1.65. The molecule has 0 bridgehead atoms. The molecule has 0 saturated carbocycles. The summed E-state index contributed by atoms with van der Waals surface area (Å²) >= 11 is 0. The largest absolute Gasteiger partial charge is 0.394 e. The van der Waals surface area contributed by atoms with E-state index in [4.69, 9.17) is 17.3 Å². The summed E-state index contributed by atoms with van der Waals surface area (Å²) in [7, 11) is 0. The molecule has 2 nitrogen and oxygen atoms in total. The van der Waals surface area contributed by atoms with Crippen LogP contribution in [-0.4, -0.2) is 17.8 Å². The third kappa shape index (κ3) is 5.77. The standard InChI is InChI=1S/C4H7NO.ClH/c1-2-4(5)3-6;/h1,4,6H,3,5H2;1H/t4-;/m0./s1. The van der Waals surface area contributed by atoms with Crippen molar-refractivity contribution in [1.29, 1.82) is 0 Å². The van der Waals surface area contributed by atoms with E-state index < -0.39 is 6.04 Å². The molecule has 0 unspecified atom stereocenters. The van der Waals surface area contributed by atoms with Crippen LogP contribution in [0.4, 0.5) is 0 Å². The topological polar surface area (TPSA) is 46.2 Å². The molecule has 0 rings (SSSR count). The number of rotatable bonds is 1. The number of hydrogen-bond acceptors (Lipinski definition) is 2. The zero-order valence-corrected chi connectivity index (χ0v) is 4.61. The van der Waals surface area contributed by atoms with Crippen molar-refractivity contribution in [3.8, 4) is 12.3 Å². The zero-order chi connectivity index (χ0) is 4.99. The number of hydrogen-bond donors (Lipinski definition) is 2. The van der Waals surface area contributed by atoms with E-state index in [2.05, 4.69) is 5.92 Å². The van der Waals surface area contributed by atoms with Crippen molar-refractivity contribution in [3.63, 3.8) is 0 Å². The van der Waals surface area contributed by atoms with Crippen LogP contribution in [0, 0.1) is 12.3 Å². The van der Waals surface area contributed by atoms with Crippen molar-refractivity contribution < 1.29 is 5.11 Å². The van der Waals surface area contributed by atoms with E-state index >= 15 is 0 Å². The lowest BCUT2D eigenvalue weighted by Crippen LogP contribution is -2.21. The summed E-state index contributed by atoms with van der Waals surface area (Å²) in [6.07, 6.45) is 4.75. The van der Waals surface area contributed by atoms with Gasteiger partial charge in [-0.2, -0.15) is 0 Å². The van der Waals surface area contributed by atoms with Crippen molar-refractivity contribution in [3.05, 3.63) is 0 Å². The van der Waals surface area contributed by atoms with E-state index in [-0.39, 0.29) is 19.0 Å². The molecule has 0 aromatic carbocycles. The van der Waals surface area contributed by atoms with E-state index in [9.17, 15) is 0 Å². The fourth-order valence-electron chi connectivity index (χ4n) is 0.0527. The Hall–Kier alpha value is -0.230. The maximum Gasteiger partial charge on any atom is 0.0896 e. The van der Waals surface area contributed by atoms with Gasteiger partial charge in [0.2, 0.25) is 0 Å². The molecule has 0 amide bonds. The van der Waals surface area contributed by atoms with Crippen molar-refractivity contribution in [1.82, 2.24) is 0 Å². The minimum absolute atomic E-state index is 0. The summed E-state index contributed by atoms with van der Waals surface area (Å²) in [5.74, 6) is 2.14. The predicted octanol–water partition coefficient (Wildman–Crippen LogP) is -0.639. The minimum atomic E-state index is -0.481. The second-order valence-electron chi connectivity index (χ2n) is 0.956. The smallest absolute Gasteiger partial charge is 0.0896 e. The van der Waals surface area contributed by atoms with Crippen LogP contribution < -0.4 is 5.73 Å². The molecule has 1 atom stereocenters. The van der Waals surface area contributed by atoms with Gasteiger partial charge in [0.05, 0.1) is 12.6 Å². The fourth-order valence-corrected chi connectivity index (χ4v) is 0.0527. The highest BCUT2D eigenvalue weighted by molar-refractivity contribution is 5.85. The summed E-state index contributed by atoms with van der Waals surface area (Å²) in [5, 5.41) is 8.07. The molecule has 0 aromatic heterocycles. The minimum Gasteiger partial charge on any atom is -0.394 e. The Balaban J connectivity index is 0. The van der Waals surface area contributed by atoms with Crippen LogP contribution in [0.1, 0.15) is 0 Å². The molecule has 0 saturated heterocycles. The number of halogens is 1. The first-order chi connectivity index (χ1) is 2.81. The summed E-state index contributed by atoms with van der Waals surface area (Å²) in [6, 6.07) is -0.481. The Kier molecular flexibility index (Phi) is 8.17. The van der Waals surface area contributed by atoms with Gasteiger partial charge in [-0.3, -0.25) is 0 Å². The quantitative estimate of drug-likeness (QED) is 0.454. The van der Waals surface area contributed by atoms with Crippen LogP contribution in [0.15, 0.2) is 0 Å². The summed E-state index contributed by atoms with van der Waals surface area (Å²) in [6.45, 7) is -0.128. The third-order valence-electron chi connectivity index (χ3n) is 0.411. The number of nitrogens with two attached hydrogens (primary N) is 1. The van der Waals surface area contributed by atoms with Crippen molar-refractivity contribution >= 4 is 12.4 Å². The van der Waals surface area contributed by atoms with Gasteiger partial charge < -0.3 is 10.8 Å². The van der Waals surface area contributed by atoms with Gasteiger partial charge in [-0.25, -0.2) is 0 Å². The maximum atomic E-state index is 8.07. The zero-order valence-electron chi connectivity index (χ0n) is 3.79. The highest BCUT2D eigenvalue weighted by atomic mass is 35.5. The van der Waals surface area contributed by atoms with Crippen molar-refractivity contribution in [2.75, 3.05) is 6.61 Å². The Labute approximate surface area is 49.1 Å². The van der Waals surface area contributed by atoms with Crippen LogP contribution in [-0.2, 0) is 0 Å². The molecule has 42 valence electrons. The Morgan fingerprint density at radius 1 is 1.86 bits per heavy atom. The average molecular weight is 122 g/mol. The summed E-state index contributed by atoms with van der Waals surface area (Å²) < 4.78 is 0. The van der Waals surface area contributed by atoms with Gasteiger partial charge in [0.15, 0.2) is 0 Å². The second kappa shape index (κ2) is 5.77. The molecule has 0 radical (unpaired) electrons. The first kappa shape index (κ1) is 9.91. The molecule has 3 N–H and O–H groups in total. The monoisotopic (exact) mass is 121 g/mol. The molecular weight excluding hydrogens is 114 g/mol. The lowest BCUT2D eigenvalue weighted by atomic mass is 10.4. The molecule has 0 aliphatic carbocycles. The lowest BCUT2D eigenvalue weighted by Gasteiger charge is -1.91. The van der Waals surface area contributed by atoms with Gasteiger partial charge in [-0.05, 0) is 0 Å². The maximum absolute atomic E-state index is 8.07. The van der Waals surface area contributed by atoms with Gasteiger partial charge in [-0.15, -0.1) is 18.8 Å². The van der Waals surface area contributed by atoms with Crippen LogP contribution in [0.25, 0.3) is 0 Å². The molecule has 0 aliphatic rings. The number of terminal acetylenes is 1. The van der Waals surface area contributed by atoms with Gasteiger partial charge in [0.25, 0.3) is 0 Å². The fraction of sp³-hybridized carbons (Fsp3) is 0.500. The molecule has 0 heterocycles. The van der Waals surface area contributed by atoms with Crippen LogP contribution in [0.2, 0.25) is 0 Å². The molecule has 0 spiro atoms. The van der Waals surface area contributed by atoms with Crippen molar-refractivity contribution in [2.24, 2.45) is 5.73 Å². The lowest BCUT2D eigenvalue weighted by molar-refractivity contribution is 0.287. The number of aliphatic hydroxyl groups excluding tert-OH is 1. The van der Waals surface area contributed by atoms with Crippen LogP contribution in [0.3, 0.4) is 0 Å². The van der Waals surface area contributed by atoms with Crippen molar-refractivity contribution in [2.45, 2.75) is 6.04 Å². The molecule has 7 heavy (non-hydrogen) atoms. The van der Waals surface area contributed by atoms with Gasteiger partial charge in [0.1, 0.15) is 0 Å². The molecule has 0 aromatic rings. The molecule has 0 aliphatic heterocycles.